The number of carbonyl (C=O) groups is 2. The van der Waals surface area contributed by atoms with E-state index < -0.39 is 0 Å². The number of Topliss-reactive ketones (excluding diaryl/α,β-unsaturated/α-hetero) is 1. The highest BCUT2D eigenvalue weighted by Crippen LogP contribution is 2.23. The van der Waals surface area contributed by atoms with E-state index in [0.717, 1.165) is 15.1 Å². The molecule has 0 spiro atoms. The summed E-state index contributed by atoms with van der Waals surface area (Å²) in [6, 6.07) is 14.7. The molecule has 0 unspecified atom stereocenters. The average molecular weight is 364 g/mol. The number of hydrogen-bond donors (Lipinski definition) is 1. The van der Waals surface area contributed by atoms with Crippen molar-refractivity contribution >= 4 is 45.1 Å². The summed E-state index contributed by atoms with van der Waals surface area (Å²) in [7, 11) is 0. The molecule has 0 aliphatic carbocycles. The van der Waals surface area contributed by atoms with E-state index in [1.165, 1.54) is 18.7 Å². The number of rotatable bonds is 5. The first-order valence-corrected chi connectivity index (χ1v) is 8.12. The summed E-state index contributed by atoms with van der Waals surface area (Å²) < 4.78 is 0.856. The fourth-order valence-corrected chi connectivity index (χ4v) is 2.77. The second-order valence-electron chi connectivity index (χ2n) is 4.40. The van der Waals surface area contributed by atoms with Crippen LogP contribution in [0.1, 0.15) is 17.3 Å². The van der Waals surface area contributed by atoms with Crippen molar-refractivity contribution in [2.45, 2.75) is 11.8 Å². The van der Waals surface area contributed by atoms with Crippen molar-refractivity contribution in [1.29, 1.82) is 0 Å². The lowest BCUT2D eigenvalue weighted by Crippen LogP contribution is -2.14. The van der Waals surface area contributed by atoms with Gasteiger partial charge in [0, 0.05) is 14.9 Å². The van der Waals surface area contributed by atoms with Crippen LogP contribution in [0.2, 0.25) is 0 Å². The highest BCUT2D eigenvalue weighted by molar-refractivity contribution is 9.10. The standard InChI is InChI=1S/C16H14BrNO2S/c1-11(19)12-6-8-13(9-7-12)21-10-16(20)18-15-5-3-2-4-14(15)17/h2-9H,10H2,1H3,(H,18,20). The average Bonchev–Trinajstić information content (AvgIpc) is 2.48. The summed E-state index contributed by atoms with van der Waals surface area (Å²) in [6.07, 6.45) is 0. The third kappa shape index (κ3) is 4.72. The number of para-hydroxylation sites is 1. The van der Waals surface area contributed by atoms with Crippen molar-refractivity contribution in [2.24, 2.45) is 0 Å². The smallest absolute Gasteiger partial charge is 0.234 e. The lowest BCUT2D eigenvalue weighted by molar-refractivity contribution is -0.113. The van der Waals surface area contributed by atoms with E-state index in [2.05, 4.69) is 21.2 Å². The second kappa shape index (κ2) is 7.43. The maximum absolute atomic E-state index is 11.9. The Kier molecular flexibility index (Phi) is 5.59. The number of halogens is 1. The molecular formula is C16H14BrNO2S. The molecule has 5 heteroatoms. The van der Waals surface area contributed by atoms with Crippen molar-refractivity contribution in [3.63, 3.8) is 0 Å². The molecular weight excluding hydrogens is 350 g/mol. The molecule has 3 nitrogen and oxygen atoms in total. The fourth-order valence-electron chi connectivity index (χ4n) is 1.68. The van der Waals surface area contributed by atoms with E-state index in [1.807, 2.05) is 36.4 Å². The first-order chi connectivity index (χ1) is 10.1. The van der Waals surface area contributed by atoms with Gasteiger partial charge in [0.15, 0.2) is 5.78 Å². The molecule has 108 valence electrons. The molecule has 0 aromatic heterocycles. The zero-order valence-electron chi connectivity index (χ0n) is 11.4. The molecule has 0 radical (unpaired) electrons. The number of ketones is 1. The van der Waals surface area contributed by atoms with Gasteiger partial charge in [0.2, 0.25) is 5.91 Å². The zero-order valence-corrected chi connectivity index (χ0v) is 13.8. The minimum atomic E-state index is -0.0671. The van der Waals surface area contributed by atoms with Crippen molar-refractivity contribution in [3.05, 3.63) is 58.6 Å². The van der Waals surface area contributed by atoms with E-state index in [4.69, 9.17) is 0 Å². The van der Waals surface area contributed by atoms with Crippen molar-refractivity contribution in [1.82, 2.24) is 0 Å². The second-order valence-corrected chi connectivity index (χ2v) is 6.30. The predicted molar refractivity (Wildman–Crippen MR) is 89.9 cm³/mol. The van der Waals surface area contributed by atoms with E-state index >= 15 is 0 Å². The first-order valence-electron chi connectivity index (χ1n) is 6.34. The molecule has 0 atom stereocenters. The van der Waals surface area contributed by atoms with Gasteiger partial charge >= 0.3 is 0 Å². The third-order valence-corrected chi connectivity index (χ3v) is 4.48. The third-order valence-electron chi connectivity index (χ3n) is 2.78. The molecule has 0 bridgehead atoms. The number of nitrogens with one attached hydrogen (secondary N) is 1. The summed E-state index contributed by atoms with van der Waals surface area (Å²) >= 11 is 4.82. The number of benzene rings is 2. The van der Waals surface area contributed by atoms with Crippen LogP contribution in [0.3, 0.4) is 0 Å². The molecule has 0 saturated heterocycles. The molecule has 21 heavy (non-hydrogen) atoms. The fraction of sp³-hybridized carbons (Fsp3) is 0.125. The van der Waals surface area contributed by atoms with Crippen LogP contribution in [-0.2, 0) is 4.79 Å². The number of carbonyl (C=O) groups excluding carboxylic acids is 2. The van der Waals surface area contributed by atoms with Crippen LogP contribution in [0.15, 0.2) is 57.9 Å². The van der Waals surface area contributed by atoms with Gasteiger partial charge in [-0.2, -0.15) is 0 Å². The lowest BCUT2D eigenvalue weighted by atomic mass is 10.2. The Morgan fingerprint density at radius 3 is 2.38 bits per heavy atom. The van der Waals surface area contributed by atoms with Gasteiger partial charge in [0.25, 0.3) is 0 Å². The van der Waals surface area contributed by atoms with E-state index in [-0.39, 0.29) is 11.7 Å². The summed E-state index contributed by atoms with van der Waals surface area (Å²) in [4.78, 5) is 24.0. The normalized spacial score (nSPS) is 10.2. The van der Waals surface area contributed by atoms with Crippen molar-refractivity contribution in [3.8, 4) is 0 Å². The van der Waals surface area contributed by atoms with Gasteiger partial charge in [0.1, 0.15) is 0 Å². The topological polar surface area (TPSA) is 46.2 Å². The Balaban J connectivity index is 1.89. The van der Waals surface area contributed by atoms with Crippen molar-refractivity contribution in [2.75, 3.05) is 11.1 Å². The van der Waals surface area contributed by atoms with Gasteiger partial charge in [-0.15, -0.1) is 11.8 Å². The largest absolute Gasteiger partial charge is 0.324 e. The van der Waals surface area contributed by atoms with Gasteiger partial charge in [-0.25, -0.2) is 0 Å². The van der Waals surface area contributed by atoms with Crippen LogP contribution in [0.25, 0.3) is 0 Å². The van der Waals surface area contributed by atoms with Crippen LogP contribution in [-0.4, -0.2) is 17.4 Å². The van der Waals surface area contributed by atoms with Gasteiger partial charge in [-0.3, -0.25) is 9.59 Å². The van der Waals surface area contributed by atoms with Crippen LogP contribution >= 0.6 is 27.7 Å². The predicted octanol–water partition coefficient (Wildman–Crippen LogP) is 4.38. The van der Waals surface area contributed by atoms with E-state index in [9.17, 15) is 9.59 Å². The molecule has 1 amide bonds. The van der Waals surface area contributed by atoms with Gasteiger partial charge in [-0.05, 0) is 47.1 Å². The lowest BCUT2D eigenvalue weighted by Gasteiger charge is -2.07. The van der Waals surface area contributed by atoms with E-state index in [0.29, 0.717) is 11.3 Å². The number of thioether (sulfide) groups is 1. The molecule has 0 aliphatic rings. The SMILES string of the molecule is CC(=O)c1ccc(SCC(=O)Nc2ccccc2Br)cc1. The molecule has 0 saturated carbocycles. The Morgan fingerprint density at radius 2 is 1.76 bits per heavy atom. The molecule has 2 aromatic carbocycles. The number of hydrogen-bond acceptors (Lipinski definition) is 3. The molecule has 0 fully saturated rings. The summed E-state index contributed by atoms with van der Waals surface area (Å²) in [5.41, 5.74) is 1.44. The molecule has 2 aromatic rings. The molecule has 0 aliphatic heterocycles. The van der Waals surface area contributed by atoms with Gasteiger partial charge in [-0.1, -0.05) is 24.3 Å². The summed E-state index contributed by atoms with van der Waals surface area (Å²) in [5, 5.41) is 2.85. The van der Waals surface area contributed by atoms with Crippen LogP contribution in [0.4, 0.5) is 5.69 Å². The maximum Gasteiger partial charge on any atom is 0.234 e. The minimum absolute atomic E-state index is 0.0400. The Labute approximate surface area is 136 Å². The highest BCUT2D eigenvalue weighted by Gasteiger charge is 2.06. The van der Waals surface area contributed by atoms with Crippen LogP contribution in [0, 0.1) is 0 Å². The van der Waals surface area contributed by atoms with Crippen LogP contribution in [0.5, 0.6) is 0 Å². The number of amides is 1. The molecule has 0 heterocycles. The highest BCUT2D eigenvalue weighted by atomic mass is 79.9. The summed E-state index contributed by atoms with van der Waals surface area (Å²) in [6.45, 7) is 1.54. The number of anilines is 1. The molecule has 2 rings (SSSR count). The Morgan fingerprint density at radius 1 is 1.10 bits per heavy atom. The van der Waals surface area contributed by atoms with Crippen LogP contribution < -0.4 is 5.32 Å². The van der Waals surface area contributed by atoms with Gasteiger partial charge in [0.05, 0.1) is 11.4 Å². The van der Waals surface area contributed by atoms with E-state index in [1.54, 1.807) is 12.1 Å². The molecule has 1 N–H and O–H groups in total. The first kappa shape index (κ1) is 15.8. The van der Waals surface area contributed by atoms with Crippen molar-refractivity contribution < 1.29 is 9.59 Å². The van der Waals surface area contributed by atoms with Gasteiger partial charge < -0.3 is 5.32 Å². The Bertz CT molecular complexity index is 656. The maximum atomic E-state index is 11.9. The quantitative estimate of drug-likeness (QED) is 0.633. The monoisotopic (exact) mass is 363 g/mol. The minimum Gasteiger partial charge on any atom is -0.324 e. The summed E-state index contributed by atoms with van der Waals surface area (Å²) in [5.74, 6) is 0.293. The zero-order chi connectivity index (χ0) is 15.2. The Hall–Kier alpha value is -1.59.